The van der Waals surface area contributed by atoms with E-state index in [-0.39, 0.29) is 23.9 Å². The van der Waals surface area contributed by atoms with Crippen molar-refractivity contribution >= 4 is 31.3 Å². The minimum Gasteiger partial charge on any atom is -0.296 e. The molecule has 0 fully saturated rings. The molecule has 0 aliphatic heterocycles. The fraction of sp³-hybridized carbons (Fsp3) is 0.333. The molecular weight excluding hydrogens is 340 g/mol. The van der Waals surface area contributed by atoms with Gasteiger partial charge in [-0.15, -0.1) is 10.2 Å². The Morgan fingerprint density at radius 1 is 1.33 bits per heavy atom. The molecule has 114 valence electrons. The molecule has 1 aromatic heterocycles. The number of rotatable bonds is 4. The lowest BCUT2D eigenvalue weighted by Crippen LogP contribution is -2.12. The average Bonchev–Trinajstić information content (AvgIpc) is 2.74. The Morgan fingerprint density at radius 3 is 2.57 bits per heavy atom. The molecule has 0 aliphatic rings. The highest BCUT2D eigenvalue weighted by molar-refractivity contribution is 8.13. The second-order valence-corrected chi connectivity index (χ2v) is 7.77. The SMILES string of the molecule is CC(C)Cn1c(-c2cc(Cl)ccc2F)nnc1S(=O)(=O)Cl. The van der Waals surface area contributed by atoms with Crippen LogP contribution in [0.4, 0.5) is 4.39 Å². The third-order valence-corrected chi connectivity index (χ3v) is 4.04. The summed E-state index contributed by atoms with van der Waals surface area (Å²) in [7, 11) is 1.26. The molecule has 0 saturated carbocycles. The molecule has 0 N–H and O–H groups in total. The lowest BCUT2D eigenvalue weighted by molar-refractivity contribution is 0.487. The van der Waals surface area contributed by atoms with Crippen molar-refractivity contribution in [2.45, 2.75) is 25.5 Å². The molecule has 0 unspecified atom stereocenters. The molecule has 0 bridgehead atoms. The molecule has 9 heteroatoms. The largest absolute Gasteiger partial charge is 0.296 e. The van der Waals surface area contributed by atoms with Crippen LogP contribution in [-0.4, -0.2) is 23.2 Å². The zero-order valence-electron chi connectivity index (χ0n) is 11.2. The van der Waals surface area contributed by atoms with Crippen molar-refractivity contribution in [3.05, 3.63) is 29.0 Å². The molecule has 0 saturated heterocycles. The zero-order chi connectivity index (χ0) is 15.8. The van der Waals surface area contributed by atoms with Gasteiger partial charge < -0.3 is 0 Å². The predicted octanol–water partition coefficient (Wildman–Crippen LogP) is 3.32. The molecule has 1 heterocycles. The number of halogens is 3. The van der Waals surface area contributed by atoms with Crippen LogP contribution in [0.15, 0.2) is 23.4 Å². The summed E-state index contributed by atoms with van der Waals surface area (Å²) in [6.07, 6.45) is 0. The van der Waals surface area contributed by atoms with E-state index in [2.05, 4.69) is 10.2 Å². The summed E-state index contributed by atoms with van der Waals surface area (Å²) in [6.45, 7) is 4.03. The van der Waals surface area contributed by atoms with E-state index in [1.54, 1.807) is 0 Å². The van der Waals surface area contributed by atoms with Crippen LogP contribution >= 0.6 is 22.3 Å². The molecule has 0 aliphatic carbocycles. The van der Waals surface area contributed by atoms with Gasteiger partial charge in [-0.2, -0.15) is 0 Å². The molecule has 0 amide bonds. The summed E-state index contributed by atoms with van der Waals surface area (Å²) < 4.78 is 38.3. The number of nitrogens with zero attached hydrogens (tertiary/aromatic N) is 3. The van der Waals surface area contributed by atoms with Crippen LogP contribution in [0.1, 0.15) is 13.8 Å². The Kier molecular flexibility index (Phi) is 4.55. The maximum atomic E-state index is 14.0. The van der Waals surface area contributed by atoms with E-state index in [0.29, 0.717) is 5.02 Å². The number of hydrogen-bond donors (Lipinski definition) is 0. The summed E-state index contributed by atoms with van der Waals surface area (Å²) in [4.78, 5) is 0. The lowest BCUT2D eigenvalue weighted by atomic mass is 10.2. The van der Waals surface area contributed by atoms with Crippen LogP contribution in [0.3, 0.4) is 0 Å². The molecule has 1 aromatic carbocycles. The van der Waals surface area contributed by atoms with Gasteiger partial charge in [0.2, 0.25) is 0 Å². The van der Waals surface area contributed by atoms with Crippen molar-refractivity contribution in [2.24, 2.45) is 5.92 Å². The first-order valence-electron chi connectivity index (χ1n) is 6.03. The van der Waals surface area contributed by atoms with Gasteiger partial charge >= 0.3 is 0 Å². The summed E-state index contributed by atoms with van der Waals surface area (Å²) in [6, 6.07) is 3.94. The highest BCUT2D eigenvalue weighted by Crippen LogP contribution is 2.28. The van der Waals surface area contributed by atoms with E-state index in [4.69, 9.17) is 22.3 Å². The second kappa shape index (κ2) is 5.90. The Hall–Kier alpha value is -1.18. The molecule has 0 spiro atoms. The summed E-state index contributed by atoms with van der Waals surface area (Å²) in [5.74, 6) is -0.419. The summed E-state index contributed by atoms with van der Waals surface area (Å²) >= 11 is 5.85. The first-order chi connectivity index (χ1) is 9.70. The topological polar surface area (TPSA) is 64.8 Å². The van der Waals surface area contributed by atoms with E-state index < -0.39 is 20.0 Å². The first-order valence-corrected chi connectivity index (χ1v) is 8.72. The molecular formula is C12H12Cl2FN3O2S. The van der Waals surface area contributed by atoms with Crippen LogP contribution in [0, 0.1) is 11.7 Å². The van der Waals surface area contributed by atoms with Gasteiger partial charge in [-0.1, -0.05) is 25.4 Å². The number of benzene rings is 1. The highest BCUT2D eigenvalue weighted by Gasteiger charge is 2.25. The van der Waals surface area contributed by atoms with Gasteiger partial charge in [0.15, 0.2) is 5.82 Å². The molecule has 5 nitrogen and oxygen atoms in total. The summed E-state index contributed by atoms with van der Waals surface area (Å²) in [5, 5.41) is 7.23. The summed E-state index contributed by atoms with van der Waals surface area (Å²) in [5.41, 5.74) is 0.0715. The smallest absolute Gasteiger partial charge is 0.296 e. The Morgan fingerprint density at radius 2 is 2.00 bits per heavy atom. The van der Waals surface area contributed by atoms with Crippen molar-refractivity contribution < 1.29 is 12.8 Å². The fourth-order valence-electron chi connectivity index (χ4n) is 1.87. The third kappa shape index (κ3) is 3.53. The Balaban J connectivity index is 2.69. The van der Waals surface area contributed by atoms with Crippen LogP contribution < -0.4 is 0 Å². The fourth-order valence-corrected chi connectivity index (χ4v) is 2.94. The van der Waals surface area contributed by atoms with E-state index in [1.807, 2.05) is 13.8 Å². The normalized spacial score (nSPS) is 12.1. The van der Waals surface area contributed by atoms with Crippen molar-refractivity contribution in [1.82, 2.24) is 14.8 Å². The third-order valence-electron chi connectivity index (χ3n) is 2.65. The van der Waals surface area contributed by atoms with Gasteiger partial charge in [-0.05, 0) is 24.1 Å². The molecule has 2 aromatic rings. The van der Waals surface area contributed by atoms with Crippen LogP contribution in [0.5, 0.6) is 0 Å². The quantitative estimate of drug-likeness (QED) is 0.792. The van der Waals surface area contributed by atoms with Crippen molar-refractivity contribution in [3.63, 3.8) is 0 Å². The van der Waals surface area contributed by atoms with Crippen molar-refractivity contribution in [2.75, 3.05) is 0 Å². The van der Waals surface area contributed by atoms with Crippen molar-refractivity contribution in [3.8, 4) is 11.4 Å². The molecule has 0 radical (unpaired) electrons. The van der Waals surface area contributed by atoms with E-state index in [0.717, 1.165) is 0 Å². The molecule has 21 heavy (non-hydrogen) atoms. The standard InChI is InChI=1S/C12H12Cl2FN3O2S/c1-7(2)6-18-11(16-17-12(18)21(14,19)20)9-5-8(13)3-4-10(9)15/h3-5,7H,6H2,1-2H3. The minimum absolute atomic E-state index is 0.0715. The minimum atomic E-state index is -4.08. The Bertz CT molecular complexity index is 775. The highest BCUT2D eigenvalue weighted by atomic mass is 35.7. The van der Waals surface area contributed by atoms with Crippen LogP contribution in [0.25, 0.3) is 11.4 Å². The first kappa shape index (κ1) is 16.2. The van der Waals surface area contributed by atoms with Crippen LogP contribution in [-0.2, 0) is 15.6 Å². The lowest BCUT2D eigenvalue weighted by Gasteiger charge is -2.12. The maximum absolute atomic E-state index is 14.0. The number of hydrogen-bond acceptors (Lipinski definition) is 4. The van der Waals surface area contributed by atoms with Crippen LogP contribution in [0.2, 0.25) is 5.02 Å². The van der Waals surface area contributed by atoms with E-state index in [9.17, 15) is 12.8 Å². The molecule has 0 atom stereocenters. The van der Waals surface area contributed by atoms with Gasteiger partial charge in [-0.3, -0.25) is 4.57 Å². The zero-order valence-corrected chi connectivity index (χ0v) is 13.5. The Labute approximate surface area is 131 Å². The van der Waals surface area contributed by atoms with Gasteiger partial charge in [-0.25, -0.2) is 12.8 Å². The predicted molar refractivity (Wildman–Crippen MR) is 78.3 cm³/mol. The maximum Gasteiger partial charge on any atom is 0.296 e. The molecule has 2 rings (SSSR count). The van der Waals surface area contributed by atoms with E-state index >= 15 is 0 Å². The van der Waals surface area contributed by atoms with Crippen molar-refractivity contribution in [1.29, 1.82) is 0 Å². The van der Waals surface area contributed by atoms with Gasteiger partial charge in [0.05, 0.1) is 5.56 Å². The monoisotopic (exact) mass is 351 g/mol. The van der Waals surface area contributed by atoms with Gasteiger partial charge in [0, 0.05) is 22.2 Å². The van der Waals surface area contributed by atoms with E-state index in [1.165, 1.54) is 22.8 Å². The number of aromatic nitrogens is 3. The van der Waals surface area contributed by atoms with Gasteiger partial charge in [0.25, 0.3) is 14.2 Å². The second-order valence-electron chi connectivity index (χ2n) is 4.87. The average molecular weight is 352 g/mol. The van der Waals surface area contributed by atoms with Gasteiger partial charge in [0.1, 0.15) is 5.82 Å².